The molecule has 0 aliphatic carbocycles. The van der Waals surface area contributed by atoms with Gasteiger partial charge in [0.1, 0.15) is 12.3 Å². The number of rotatable bonds is 5. The van der Waals surface area contributed by atoms with E-state index in [1.165, 1.54) is 7.11 Å². The molecule has 0 fully saturated rings. The van der Waals surface area contributed by atoms with Gasteiger partial charge in [0.05, 0.1) is 6.61 Å². The molecule has 1 unspecified atom stereocenters. The maximum absolute atomic E-state index is 10.2. The molecule has 0 radical (unpaired) electrons. The van der Waals surface area contributed by atoms with Crippen LogP contribution in [0.5, 0.6) is 0 Å². The molecule has 1 heterocycles. The molecule has 1 rings (SSSR count). The highest BCUT2D eigenvalue weighted by Gasteiger charge is 2.04. The van der Waals surface area contributed by atoms with E-state index in [9.17, 15) is 4.57 Å². The fourth-order valence-electron chi connectivity index (χ4n) is 0.773. The minimum absolute atomic E-state index is 0.0506. The summed E-state index contributed by atoms with van der Waals surface area (Å²) in [4.78, 5) is 8.36. The zero-order chi connectivity index (χ0) is 9.68. The lowest BCUT2D eigenvalue weighted by molar-refractivity contribution is 0.176. The fraction of sp³-hybridized carbons (Fsp3) is 0.500. The first kappa shape index (κ1) is 10.4. The van der Waals surface area contributed by atoms with Crippen molar-refractivity contribution >= 4 is 8.25 Å². The van der Waals surface area contributed by atoms with E-state index in [1.54, 1.807) is 6.07 Å². The first-order valence-corrected chi connectivity index (χ1v) is 4.78. The second kappa shape index (κ2) is 5.14. The summed E-state index contributed by atoms with van der Waals surface area (Å²) in [7, 11) is -1.37. The molecule has 0 amide bonds. The Morgan fingerprint density at radius 2 is 2.46 bits per heavy atom. The molecule has 1 aromatic rings. The second-order valence-electron chi connectivity index (χ2n) is 2.27. The Bertz CT molecular complexity index is 286. The summed E-state index contributed by atoms with van der Waals surface area (Å²) in [6, 6.07) is 1.61. The molecule has 13 heavy (non-hydrogen) atoms. The number of hydrogen-bond acceptors (Lipinski definition) is 5. The second-order valence-corrected chi connectivity index (χ2v) is 3.09. The molecule has 0 bridgehead atoms. The molecule has 6 nitrogen and oxygen atoms in total. The van der Waals surface area contributed by atoms with E-state index in [0.717, 1.165) is 0 Å². The van der Waals surface area contributed by atoms with Crippen LogP contribution in [0.15, 0.2) is 10.6 Å². The maximum atomic E-state index is 10.2. The van der Waals surface area contributed by atoms with Gasteiger partial charge in [-0.25, -0.2) is 0 Å². The first-order valence-electron chi connectivity index (χ1n) is 3.51. The molecule has 1 aromatic heterocycles. The standard InChI is InChI=1S/C6H10NO5P/c1-10-3-5-2-6(12-7-5)4-11-13(8)9/h2,13H,3-4H2,1H3,(H,8,9). The third-order valence-corrected chi connectivity index (χ3v) is 1.63. The van der Waals surface area contributed by atoms with Crippen LogP contribution in [0, 0.1) is 0 Å². The summed E-state index contributed by atoms with van der Waals surface area (Å²) in [6.45, 7) is 0.294. The van der Waals surface area contributed by atoms with Gasteiger partial charge in [0.25, 0.3) is 0 Å². The van der Waals surface area contributed by atoms with Gasteiger partial charge in [0, 0.05) is 13.2 Å². The van der Waals surface area contributed by atoms with Crippen molar-refractivity contribution in [3.63, 3.8) is 0 Å². The molecule has 0 saturated carbocycles. The average Bonchev–Trinajstić information content (AvgIpc) is 2.50. The van der Waals surface area contributed by atoms with Crippen LogP contribution in [0.3, 0.4) is 0 Å². The third kappa shape index (κ3) is 3.69. The fourth-order valence-corrected chi connectivity index (χ4v) is 1.04. The zero-order valence-electron chi connectivity index (χ0n) is 7.02. The largest absolute Gasteiger partial charge is 0.378 e. The molecular weight excluding hydrogens is 197 g/mol. The van der Waals surface area contributed by atoms with Gasteiger partial charge in [-0.05, 0) is 0 Å². The van der Waals surface area contributed by atoms with Crippen LogP contribution in [-0.2, 0) is 27.0 Å². The normalized spacial score (nSPS) is 13.1. The molecule has 0 aromatic carbocycles. The molecule has 0 spiro atoms. The van der Waals surface area contributed by atoms with E-state index in [-0.39, 0.29) is 6.61 Å². The van der Waals surface area contributed by atoms with Crippen molar-refractivity contribution < 1.29 is 23.2 Å². The first-order chi connectivity index (χ1) is 6.22. The topological polar surface area (TPSA) is 81.8 Å². The molecule has 0 saturated heterocycles. The predicted octanol–water partition coefficient (Wildman–Crippen LogP) is 0.720. The summed E-state index contributed by atoms with van der Waals surface area (Å²) >= 11 is 0. The molecule has 74 valence electrons. The van der Waals surface area contributed by atoms with Crippen LogP contribution in [0.25, 0.3) is 0 Å². The van der Waals surface area contributed by atoms with Crippen molar-refractivity contribution in [1.29, 1.82) is 0 Å². The van der Waals surface area contributed by atoms with Crippen molar-refractivity contribution in [3.05, 3.63) is 17.5 Å². The quantitative estimate of drug-likeness (QED) is 0.716. The van der Waals surface area contributed by atoms with Crippen molar-refractivity contribution in [2.45, 2.75) is 13.2 Å². The van der Waals surface area contributed by atoms with Gasteiger partial charge < -0.3 is 18.7 Å². The smallest absolute Gasteiger partial charge is 0.317 e. The van der Waals surface area contributed by atoms with Gasteiger partial charge in [-0.15, -0.1) is 0 Å². The van der Waals surface area contributed by atoms with Gasteiger partial charge in [-0.2, -0.15) is 0 Å². The summed E-state index contributed by atoms with van der Waals surface area (Å²) in [5, 5.41) is 3.63. The summed E-state index contributed by atoms with van der Waals surface area (Å²) in [5.41, 5.74) is 0.624. The van der Waals surface area contributed by atoms with Crippen molar-refractivity contribution in [3.8, 4) is 0 Å². The Balaban J connectivity index is 2.44. The minimum Gasteiger partial charge on any atom is -0.378 e. The molecule has 0 aliphatic rings. The Morgan fingerprint density at radius 1 is 1.69 bits per heavy atom. The van der Waals surface area contributed by atoms with Crippen molar-refractivity contribution in [2.24, 2.45) is 0 Å². The Kier molecular flexibility index (Phi) is 4.11. The van der Waals surface area contributed by atoms with E-state index >= 15 is 0 Å². The number of nitrogens with zero attached hydrogens (tertiary/aromatic N) is 1. The highest BCUT2D eigenvalue weighted by molar-refractivity contribution is 7.32. The number of aromatic nitrogens is 1. The molecular formula is C6H10NO5P. The van der Waals surface area contributed by atoms with E-state index in [4.69, 9.17) is 14.2 Å². The van der Waals surface area contributed by atoms with Crippen LogP contribution in [0.1, 0.15) is 11.5 Å². The lowest BCUT2D eigenvalue weighted by Crippen LogP contribution is -1.85. The molecule has 1 N–H and O–H groups in total. The van der Waals surface area contributed by atoms with Gasteiger partial charge in [-0.3, -0.25) is 4.57 Å². The lowest BCUT2D eigenvalue weighted by atomic mass is 10.4. The van der Waals surface area contributed by atoms with E-state index in [0.29, 0.717) is 18.1 Å². The minimum atomic E-state index is -2.90. The van der Waals surface area contributed by atoms with Gasteiger partial charge >= 0.3 is 8.25 Å². The zero-order valence-corrected chi connectivity index (χ0v) is 8.02. The Labute approximate surface area is 75.4 Å². The average molecular weight is 207 g/mol. The van der Waals surface area contributed by atoms with Crippen LogP contribution in [-0.4, -0.2) is 17.2 Å². The van der Waals surface area contributed by atoms with Gasteiger partial charge in [0.15, 0.2) is 5.76 Å². The van der Waals surface area contributed by atoms with Gasteiger partial charge in [0.2, 0.25) is 0 Å². The third-order valence-electron chi connectivity index (χ3n) is 1.24. The molecule has 1 atom stereocenters. The van der Waals surface area contributed by atoms with E-state index in [2.05, 4.69) is 9.68 Å². The summed E-state index contributed by atoms with van der Waals surface area (Å²) in [6.07, 6.45) is 0. The van der Waals surface area contributed by atoms with Crippen molar-refractivity contribution in [2.75, 3.05) is 7.11 Å². The van der Waals surface area contributed by atoms with Crippen LogP contribution >= 0.6 is 8.25 Å². The summed E-state index contributed by atoms with van der Waals surface area (Å²) < 4.78 is 24.2. The summed E-state index contributed by atoms with van der Waals surface area (Å²) in [5.74, 6) is 0.402. The number of methoxy groups -OCH3 is 1. The predicted molar refractivity (Wildman–Crippen MR) is 43.2 cm³/mol. The lowest BCUT2D eigenvalue weighted by Gasteiger charge is -1.92. The number of hydrogen-bond donors (Lipinski definition) is 1. The molecule has 0 aliphatic heterocycles. The van der Waals surface area contributed by atoms with Crippen LogP contribution < -0.4 is 0 Å². The van der Waals surface area contributed by atoms with Crippen LogP contribution in [0.2, 0.25) is 0 Å². The van der Waals surface area contributed by atoms with E-state index in [1.807, 2.05) is 0 Å². The maximum Gasteiger partial charge on any atom is 0.317 e. The Hall–Kier alpha value is -0.680. The highest BCUT2D eigenvalue weighted by atomic mass is 31.1. The van der Waals surface area contributed by atoms with Gasteiger partial charge in [-0.1, -0.05) is 5.16 Å². The number of ether oxygens (including phenoxy) is 1. The van der Waals surface area contributed by atoms with Crippen molar-refractivity contribution in [1.82, 2.24) is 5.16 Å². The Morgan fingerprint density at radius 3 is 3.08 bits per heavy atom. The highest BCUT2D eigenvalue weighted by Crippen LogP contribution is 2.18. The SMILES string of the molecule is COCc1cc(CO[PH](=O)O)on1. The monoisotopic (exact) mass is 207 g/mol. The van der Waals surface area contributed by atoms with Crippen LogP contribution in [0.4, 0.5) is 0 Å². The van der Waals surface area contributed by atoms with E-state index < -0.39 is 8.25 Å². The molecule has 7 heteroatoms.